The van der Waals surface area contributed by atoms with E-state index in [-0.39, 0.29) is 31.5 Å². The van der Waals surface area contributed by atoms with Gasteiger partial charge >= 0.3 is 9.05 Å². The first-order valence-corrected chi connectivity index (χ1v) is 8.17. The van der Waals surface area contributed by atoms with E-state index in [1.807, 2.05) is 20.8 Å². The topological polar surface area (TPSA) is 60.4 Å². The van der Waals surface area contributed by atoms with E-state index < -0.39 is 9.05 Å². The van der Waals surface area contributed by atoms with Gasteiger partial charge in [-0.15, -0.1) is 0 Å². The lowest BCUT2D eigenvalue weighted by atomic mass is 10.2. The summed E-state index contributed by atoms with van der Waals surface area (Å²) in [4.78, 5) is 2.30. The molecule has 1 N–H and O–H groups in total. The van der Waals surface area contributed by atoms with Gasteiger partial charge < -0.3 is 22.8 Å². The van der Waals surface area contributed by atoms with Crippen LogP contribution in [0.25, 0.3) is 0 Å². The molecule has 0 saturated carbocycles. The Morgan fingerprint density at radius 3 is 1.89 bits per heavy atom. The van der Waals surface area contributed by atoms with Crippen molar-refractivity contribution in [2.45, 2.75) is 39.1 Å². The Morgan fingerprint density at radius 2 is 1.50 bits per heavy atom. The van der Waals surface area contributed by atoms with Crippen LogP contribution in [0.3, 0.4) is 0 Å². The fraction of sp³-hybridized carbons (Fsp3) is 1.00. The summed E-state index contributed by atoms with van der Waals surface area (Å²) >= 11 is 0. The van der Waals surface area contributed by atoms with Crippen molar-refractivity contribution in [2.75, 3.05) is 32.8 Å². The predicted molar refractivity (Wildman–Crippen MR) is 66.9 cm³/mol. The molecule has 3 aliphatic rings. The third kappa shape index (κ3) is 3.50. The number of aliphatic hydroxyl groups is 1. The van der Waals surface area contributed by atoms with Crippen LogP contribution < -0.4 is 0 Å². The molecule has 3 saturated heterocycles. The fourth-order valence-electron chi connectivity index (χ4n) is 2.52. The summed E-state index contributed by atoms with van der Waals surface area (Å²) in [5.74, 6) is 0. The molecule has 0 amide bonds. The van der Waals surface area contributed by atoms with Gasteiger partial charge in [0.1, 0.15) is 0 Å². The van der Waals surface area contributed by atoms with Gasteiger partial charge in [0.15, 0.2) is 0 Å². The molecule has 0 aromatic heterocycles. The number of fused-ring (bicyclic) bond motifs is 6. The van der Waals surface area contributed by atoms with E-state index in [1.165, 1.54) is 0 Å². The van der Waals surface area contributed by atoms with E-state index in [0.717, 1.165) is 19.6 Å². The van der Waals surface area contributed by atoms with Crippen LogP contribution in [0.5, 0.6) is 0 Å². The molecule has 3 unspecified atom stereocenters. The van der Waals surface area contributed by atoms with Gasteiger partial charge in [0.2, 0.25) is 0 Å². The van der Waals surface area contributed by atoms with Crippen molar-refractivity contribution in [1.29, 1.82) is 0 Å². The predicted octanol–water partition coefficient (Wildman–Crippen LogP) is -0.0246. The normalized spacial score (nSPS) is 45.3. The molecule has 0 aromatic rings. The molecule has 0 spiro atoms. The van der Waals surface area contributed by atoms with Crippen LogP contribution in [0.15, 0.2) is 0 Å². The lowest BCUT2D eigenvalue weighted by Crippen LogP contribution is -2.63. The standard InChI is InChI=1S/C11H23NO5Si/c1-9-6-12-7-10(2)16-18(15-9,14-5-4-13)17-11(3)8-12/h9-11,13H,4-8H2,1-3H3. The summed E-state index contributed by atoms with van der Waals surface area (Å²) in [5.41, 5.74) is 0. The first-order valence-electron chi connectivity index (χ1n) is 6.53. The lowest BCUT2D eigenvalue weighted by Gasteiger charge is -2.43. The fourth-order valence-corrected chi connectivity index (χ4v) is 4.94. The minimum Gasteiger partial charge on any atom is -0.394 e. The highest BCUT2D eigenvalue weighted by molar-refractivity contribution is 6.53. The van der Waals surface area contributed by atoms with Crippen molar-refractivity contribution in [3.63, 3.8) is 0 Å². The quantitative estimate of drug-likeness (QED) is 0.731. The molecule has 106 valence electrons. The highest BCUT2D eigenvalue weighted by atomic mass is 28.4. The smallest absolute Gasteiger partial charge is 0.394 e. The van der Waals surface area contributed by atoms with Crippen LogP contribution in [-0.4, -0.2) is 70.2 Å². The number of rotatable bonds is 3. The molecule has 3 aliphatic heterocycles. The Bertz CT molecular complexity index is 244. The zero-order valence-corrected chi connectivity index (χ0v) is 12.3. The Labute approximate surface area is 109 Å². The van der Waals surface area contributed by atoms with E-state index in [9.17, 15) is 0 Å². The molecule has 6 nitrogen and oxygen atoms in total. The Kier molecular flexibility index (Phi) is 4.76. The average molecular weight is 277 g/mol. The van der Waals surface area contributed by atoms with Crippen LogP contribution >= 0.6 is 0 Å². The number of nitrogens with zero attached hydrogens (tertiary/aromatic N) is 1. The molecule has 0 aromatic carbocycles. The molecule has 7 heteroatoms. The van der Waals surface area contributed by atoms with Gasteiger partial charge in [-0.1, -0.05) is 0 Å². The van der Waals surface area contributed by atoms with Crippen LogP contribution in [0.4, 0.5) is 0 Å². The molecular weight excluding hydrogens is 254 g/mol. The maximum absolute atomic E-state index is 8.94. The molecular formula is C11H23NO5Si. The van der Waals surface area contributed by atoms with Crippen molar-refractivity contribution >= 4 is 9.05 Å². The second kappa shape index (κ2) is 5.95. The van der Waals surface area contributed by atoms with Crippen LogP contribution in [0.1, 0.15) is 20.8 Å². The molecule has 2 bridgehead atoms. The molecule has 3 heterocycles. The Balaban J connectivity index is 2.18. The van der Waals surface area contributed by atoms with Crippen molar-refractivity contribution in [3.8, 4) is 0 Å². The second-order valence-corrected chi connectivity index (χ2v) is 7.07. The van der Waals surface area contributed by atoms with Crippen LogP contribution in [0.2, 0.25) is 0 Å². The third-order valence-electron chi connectivity index (χ3n) is 2.95. The maximum atomic E-state index is 8.94. The molecule has 0 aliphatic carbocycles. The van der Waals surface area contributed by atoms with E-state index in [2.05, 4.69) is 4.90 Å². The number of aliphatic hydroxyl groups excluding tert-OH is 1. The lowest BCUT2D eigenvalue weighted by molar-refractivity contribution is -0.132. The number of hydrogen-bond acceptors (Lipinski definition) is 6. The molecule has 3 fully saturated rings. The largest absolute Gasteiger partial charge is 0.680 e. The molecule has 3 rings (SSSR count). The summed E-state index contributed by atoms with van der Waals surface area (Å²) in [7, 11) is -3.12. The van der Waals surface area contributed by atoms with Crippen molar-refractivity contribution < 1.29 is 22.8 Å². The molecule has 18 heavy (non-hydrogen) atoms. The third-order valence-corrected chi connectivity index (χ3v) is 5.58. The summed E-state index contributed by atoms with van der Waals surface area (Å²) < 4.78 is 23.4. The molecule has 3 atom stereocenters. The van der Waals surface area contributed by atoms with Crippen LogP contribution in [-0.2, 0) is 17.7 Å². The van der Waals surface area contributed by atoms with Crippen molar-refractivity contribution in [2.24, 2.45) is 0 Å². The maximum Gasteiger partial charge on any atom is 0.680 e. The summed E-state index contributed by atoms with van der Waals surface area (Å²) in [6, 6.07) is 0. The van der Waals surface area contributed by atoms with Gasteiger partial charge in [-0.3, -0.25) is 4.90 Å². The van der Waals surface area contributed by atoms with Crippen molar-refractivity contribution in [1.82, 2.24) is 4.90 Å². The van der Waals surface area contributed by atoms with Gasteiger partial charge in [-0.05, 0) is 20.8 Å². The van der Waals surface area contributed by atoms with Crippen LogP contribution in [0, 0.1) is 0 Å². The van der Waals surface area contributed by atoms with E-state index >= 15 is 0 Å². The first-order chi connectivity index (χ1) is 8.53. The van der Waals surface area contributed by atoms with E-state index in [4.69, 9.17) is 22.8 Å². The highest BCUT2D eigenvalue weighted by Crippen LogP contribution is 2.25. The van der Waals surface area contributed by atoms with E-state index in [0.29, 0.717) is 0 Å². The zero-order chi connectivity index (χ0) is 13.2. The number of hydrogen-bond donors (Lipinski definition) is 1. The Hall–Kier alpha value is -0.0231. The minimum atomic E-state index is -3.12. The van der Waals surface area contributed by atoms with Gasteiger partial charge in [0.05, 0.1) is 31.5 Å². The minimum absolute atomic E-state index is 0.00959. The summed E-state index contributed by atoms with van der Waals surface area (Å²) in [5, 5.41) is 8.94. The van der Waals surface area contributed by atoms with Gasteiger partial charge in [-0.2, -0.15) is 0 Å². The van der Waals surface area contributed by atoms with Gasteiger partial charge in [-0.25, -0.2) is 0 Å². The highest BCUT2D eigenvalue weighted by Gasteiger charge is 2.52. The monoisotopic (exact) mass is 277 g/mol. The zero-order valence-electron chi connectivity index (χ0n) is 11.3. The van der Waals surface area contributed by atoms with E-state index in [1.54, 1.807) is 0 Å². The van der Waals surface area contributed by atoms with Crippen molar-refractivity contribution in [3.05, 3.63) is 0 Å². The SMILES string of the molecule is CC1CN2CC(C)O[Si](OCCO)(O1)OC(C)C2. The average Bonchev–Trinajstić information content (AvgIpc) is 2.21. The molecule has 0 radical (unpaired) electrons. The first kappa shape index (κ1) is 14.4. The van der Waals surface area contributed by atoms with Gasteiger partial charge in [0.25, 0.3) is 0 Å². The summed E-state index contributed by atoms with van der Waals surface area (Å²) in [6.45, 7) is 8.69. The second-order valence-electron chi connectivity index (χ2n) is 5.08. The van der Waals surface area contributed by atoms with Gasteiger partial charge in [0, 0.05) is 19.6 Å². The summed E-state index contributed by atoms with van der Waals surface area (Å²) in [6.07, 6.45) is 0.0288. The Morgan fingerprint density at radius 1 is 1.06 bits per heavy atom.